The van der Waals surface area contributed by atoms with Gasteiger partial charge in [-0.15, -0.1) is 0 Å². The van der Waals surface area contributed by atoms with Crippen molar-refractivity contribution in [3.05, 3.63) is 24.3 Å². The van der Waals surface area contributed by atoms with Gasteiger partial charge < -0.3 is 16.0 Å². The van der Waals surface area contributed by atoms with Crippen LogP contribution in [0.1, 0.15) is 20.8 Å². The van der Waals surface area contributed by atoms with Gasteiger partial charge in [0.2, 0.25) is 11.8 Å². The predicted octanol–water partition coefficient (Wildman–Crippen LogP) is 1.16. The molecule has 1 unspecified atom stereocenters. The Morgan fingerprint density at radius 2 is 1.83 bits per heavy atom. The van der Waals surface area contributed by atoms with Gasteiger partial charge in [-0.05, 0) is 24.1 Å². The fraction of sp³-hybridized carbons (Fsp3) is 0.375. The van der Waals surface area contributed by atoms with Gasteiger partial charge in [-0.3, -0.25) is 19.3 Å². The third-order valence-electron chi connectivity index (χ3n) is 3.49. The minimum Gasteiger partial charge on any atom is -0.326 e. The van der Waals surface area contributed by atoms with Crippen LogP contribution in [-0.4, -0.2) is 41.2 Å². The summed E-state index contributed by atoms with van der Waals surface area (Å²) in [5.41, 5.74) is 0.994. The molecule has 1 aliphatic rings. The average Bonchev–Trinajstić information content (AvgIpc) is 2.75. The lowest BCUT2D eigenvalue weighted by atomic mass is 10.1. The molecule has 0 radical (unpaired) electrons. The minimum atomic E-state index is -0.603. The molecule has 1 fully saturated rings. The zero-order valence-corrected chi connectivity index (χ0v) is 13.8. The Bertz CT molecular complexity index is 686. The van der Waals surface area contributed by atoms with Gasteiger partial charge in [0.25, 0.3) is 5.91 Å². The summed E-state index contributed by atoms with van der Waals surface area (Å²) in [6.45, 7) is 4.66. The van der Waals surface area contributed by atoms with Crippen LogP contribution < -0.4 is 16.0 Å². The fourth-order valence-electron chi connectivity index (χ4n) is 2.36. The van der Waals surface area contributed by atoms with Crippen LogP contribution in [0, 0.1) is 5.92 Å². The molecule has 0 aliphatic carbocycles. The highest BCUT2D eigenvalue weighted by Crippen LogP contribution is 2.16. The van der Waals surface area contributed by atoms with Crippen LogP contribution in [0.15, 0.2) is 24.3 Å². The molecular formula is C16H20N4O4. The first-order chi connectivity index (χ1) is 11.3. The molecule has 1 aromatic rings. The van der Waals surface area contributed by atoms with Crippen LogP contribution in [-0.2, 0) is 14.4 Å². The third-order valence-corrected chi connectivity index (χ3v) is 3.49. The van der Waals surface area contributed by atoms with Gasteiger partial charge in [0.1, 0.15) is 12.6 Å². The number of carbonyl (C=O) groups is 4. The Labute approximate surface area is 139 Å². The molecule has 2 rings (SSSR count). The summed E-state index contributed by atoms with van der Waals surface area (Å²) in [7, 11) is 0. The second-order valence-electron chi connectivity index (χ2n) is 5.91. The number of anilines is 2. The van der Waals surface area contributed by atoms with Crippen molar-refractivity contribution in [3.8, 4) is 0 Å². The number of urea groups is 1. The summed E-state index contributed by atoms with van der Waals surface area (Å²) in [5.74, 6) is -1.18. The molecular weight excluding hydrogens is 312 g/mol. The zero-order valence-electron chi connectivity index (χ0n) is 13.8. The van der Waals surface area contributed by atoms with Crippen molar-refractivity contribution in [3.63, 3.8) is 0 Å². The lowest BCUT2D eigenvalue weighted by molar-refractivity contribution is -0.131. The molecule has 0 saturated carbocycles. The van der Waals surface area contributed by atoms with E-state index in [4.69, 9.17) is 0 Å². The number of nitrogens with one attached hydrogen (secondary N) is 3. The number of hydrogen-bond donors (Lipinski definition) is 3. The predicted molar refractivity (Wildman–Crippen MR) is 88.2 cm³/mol. The van der Waals surface area contributed by atoms with Crippen molar-refractivity contribution in [1.29, 1.82) is 0 Å². The van der Waals surface area contributed by atoms with Crippen molar-refractivity contribution < 1.29 is 19.2 Å². The monoisotopic (exact) mass is 332 g/mol. The molecule has 3 N–H and O–H groups in total. The van der Waals surface area contributed by atoms with Crippen molar-refractivity contribution in [2.75, 3.05) is 17.2 Å². The maximum atomic E-state index is 12.1. The van der Waals surface area contributed by atoms with Crippen molar-refractivity contribution in [1.82, 2.24) is 10.2 Å². The Balaban J connectivity index is 2.00. The summed E-state index contributed by atoms with van der Waals surface area (Å²) in [6, 6.07) is 5.41. The summed E-state index contributed by atoms with van der Waals surface area (Å²) in [5, 5.41) is 7.77. The van der Waals surface area contributed by atoms with E-state index in [1.54, 1.807) is 24.3 Å². The molecule has 1 aromatic carbocycles. The second-order valence-corrected chi connectivity index (χ2v) is 5.91. The molecule has 8 nitrogen and oxygen atoms in total. The van der Waals surface area contributed by atoms with Gasteiger partial charge in [-0.2, -0.15) is 0 Å². The van der Waals surface area contributed by atoms with Crippen LogP contribution in [0.25, 0.3) is 0 Å². The number of benzene rings is 1. The average molecular weight is 332 g/mol. The summed E-state index contributed by atoms with van der Waals surface area (Å²) < 4.78 is 0. The van der Waals surface area contributed by atoms with Crippen LogP contribution >= 0.6 is 0 Å². The number of nitrogens with zero attached hydrogens (tertiary/aromatic N) is 1. The molecule has 5 amide bonds. The normalized spacial score (nSPS) is 17.0. The summed E-state index contributed by atoms with van der Waals surface area (Å²) in [4.78, 5) is 48.0. The first-order valence-electron chi connectivity index (χ1n) is 7.57. The van der Waals surface area contributed by atoms with E-state index < -0.39 is 23.9 Å². The maximum absolute atomic E-state index is 12.1. The first kappa shape index (κ1) is 17.5. The highest BCUT2D eigenvalue weighted by Gasteiger charge is 2.40. The van der Waals surface area contributed by atoms with E-state index in [2.05, 4.69) is 16.0 Å². The Kier molecular flexibility index (Phi) is 5.18. The quantitative estimate of drug-likeness (QED) is 0.703. The van der Waals surface area contributed by atoms with E-state index in [1.807, 2.05) is 13.8 Å². The van der Waals surface area contributed by atoms with E-state index in [1.165, 1.54) is 6.92 Å². The van der Waals surface area contributed by atoms with Crippen molar-refractivity contribution in [2.24, 2.45) is 5.92 Å². The molecule has 0 spiro atoms. The lowest BCUT2D eigenvalue weighted by Crippen LogP contribution is -2.39. The van der Waals surface area contributed by atoms with E-state index >= 15 is 0 Å². The highest BCUT2D eigenvalue weighted by atomic mass is 16.2. The molecule has 8 heteroatoms. The highest BCUT2D eigenvalue weighted by molar-refractivity contribution is 6.08. The molecule has 24 heavy (non-hydrogen) atoms. The van der Waals surface area contributed by atoms with Gasteiger partial charge in [-0.1, -0.05) is 19.9 Å². The molecule has 128 valence electrons. The Morgan fingerprint density at radius 3 is 2.38 bits per heavy atom. The van der Waals surface area contributed by atoms with Crippen molar-refractivity contribution >= 4 is 35.1 Å². The topological polar surface area (TPSA) is 108 Å². The lowest BCUT2D eigenvalue weighted by Gasteiger charge is -2.14. The Hall–Kier alpha value is -2.90. The van der Waals surface area contributed by atoms with Gasteiger partial charge >= 0.3 is 6.03 Å². The van der Waals surface area contributed by atoms with Crippen LogP contribution in [0.3, 0.4) is 0 Å². The van der Waals surface area contributed by atoms with E-state index in [-0.39, 0.29) is 18.4 Å². The molecule has 0 aromatic heterocycles. The van der Waals surface area contributed by atoms with Crippen molar-refractivity contribution in [2.45, 2.75) is 26.8 Å². The standard InChI is InChI=1S/C16H20N4O4/c1-9(2)14-15(23)20(16(24)19-14)8-13(22)18-12-6-4-5-11(7-12)17-10(3)21/h4-7,9,14H,8H2,1-3H3,(H,17,21)(H,18,22)(H,19,24). The summed E-state index contributed by atoms with van der Waals surface area (Å²) >= 11 is 0. The number of rotatable bonds is 5. The smallest absolute Gasteiger partial charge is 0.325 e. The number of carbonyl (C=O) groups excluding carboxylic acids is 4. The van der Waals surface area contributed by atoms with Crippen LogP contribution in [0.5, 0.6) is 0 Å². The summed E-state index contributed by atoms with van der Waals surface area (Å²) in [6.07, 6.45) is 0. The van der Waals surface area contributed by atoms with Gasteiger partial charge in [0.15, 0.2) is 0 Å². The maximum Gasteiger partial charge on any atom is 0.325 e. The van der Waals surface area contributed by atoms with Gasteiger partial charge in [0, 0.05) is 18.3 Å². The van der Waals surface area contributed by atoms with E-state index in [9.17, 15) is 19.2 Å². The van der Waals surface area contributed by atoms with E-state index in [0.29, 0.717) is 11.4 Å². The fourth-order valence-corrected chi connectivity index (χ4v) is 2.36. The Morgan fingerprint density at radius 1 is 1.21 bits per heavy atom. The number of amides is 5. The number of imide groups is 1. The van der Waals surface area contributed by atoms with Gasteiger partial charge in [-0.25, -0.2) is 4.79 Å². The SMILES string of the molecule is CC(=O)Nc1cccc(NC(=O)CN2C(=O)NC(C(C)C)C2=O)c1. The number of hydrogen-bond acceptors (Lipinski definition) is 4. The minimum absolute atomic E-state index is 0.0520. The molecule has 1 aliphatic heterocycles. The first-order valence-corrected chi connectivity index (χ1v) is 7.57. The zero-order chi connectivity index (χ0) is 17.9. The van der Waals surface area contributed by atoms with Crippen LogP contribution in [0.4, 0.5) is 16.2 Å². The molecule has 1 atom stereocenters. The molecule has 0 bridgehead atoms. The van der Waals surface area contributed by atoms with Crippen LogP contribution in [0.2, 0.25) is 0 Å². The van der Waals surface area contributed by atoms with Gasteiger partial charge in [0.05, 0.1) is 0 Å². The largest absolute Gasteiger partial charge is 0.326 e. The molecule has 1 saturated heterocycles. The third kappa shape index (κ3) is 4.09. The van der Waals surface area contributed by atoms with E-state index in [0.717, 1.165) is 4.90 Å². The second kappa shape index (κ2) is 7.12. The molecule has 1 heterocycles.